The number of halogens is 2. The first-order valence-electron chi connectivity index (χ1n) is 11.9. The zero-order valence-corrected chi connectivity index (χ0v) is 21.9. The molecule has 2 saturated carbocycles. The van der Waals surface area contributed by atoms with Crippen LogP contribution in [0.3, 0.4) is 0 Å². The summed E-state index contributed by atoms with van der Waals surface area (Å²) in [6.07, 6.45) is 7.99. The fraction of sp³-hybridized carbons (Fsp3) is 0.583. The standard InChI is InChI=1S/C24H35N7O2.2ClH/c1-14-7-12-18-17(13-14)21(29-19-5-3-4-6-20(19)30-24(25)26)31-22(28-18)23(32)27-15-8-10-16(33-2)11-9-15;;/h7,12-13,15-16,19-20H,3-6,8-11H2,1-2H3,(H,27,32)(H4,25,26,30)(H,28,29,31);2*1H/t15?,16?,19-,20+;;/m0../s1. The lowest BCUT2D eigenvalue weighted by molar-refractivity contribution is 0.0597. The first kappa shape index (κ1) is 28.9. The van der Waals surface area contributed by atoms with E-state index in [4.69, 9.17) is 15.9 Å². The highest BCUT2D eigenvalue weighted by Crippen LogP contribution is 2.27. The maximum absolute atomic E-state index is 13.1. The van der Waals surface area contributed by atoms with Crippen LogP contribution >= 0.6 is 24.8 Å². The molecular formula is C24H37Cl2N7O2. The summed E-state index contributed by atoms with van der Waals surface area (Å²) in [5.41, 5.74) is 7.45. The Morgan fingerprint density at radius 1 is 1.03 bits per heavy atom. The van der Waals surface area contributed by atoms with E-state index in [1.807, 2.05) is 25.1 Å². The van der Waals surface area contributed by atoms with E-state index in [9.17, 15) is 4.79 Å². The number of rotatable bonds is 6. The summed E-state index contributed by atoms with van der Waals surface area (Å²) in [6.45, 7) is 2.03. The molecule has 9 nitrogen and oxygen atoms in total. The monoisotopic (exact) mass is 525 g/mol. The van der Waals surface area contributed by atoms with Gasteiger partial charge in [0, 0.05) is 30.6 Å². The van der Waals surface area contributed by atoms with E-state index in [1.54, 1.807) is 7.11 Å². The summed E-state index contributed by atoms with van der Waals surface area (Å²) in [5, 5.41) is 18.3. The second-order valence-corrected chi connectivity index (χ2v) is 9.30. The number of anilines is 1. The van der Waals surface area contributed by atoms with E-state index in [-0.39, 0.29) is 66.7 Å². The average Bonchev–Trinajstić information content (AvgIpc) is 2.80. The van der Waals surface area contributed by atoms with Crippen molar-refractivity contribution in [3.63, 3.8) is 0 Å². The number of nitrogens with two attached hydrogens (primary N) is 1. The van der Waals surface area contributed by atoms with E-state index in [1.165, 1.54) is 0 Å². The number of nitrogens with one attached hydrogen (secondary N) is 4. The zero-order chi connectivity index (χ0) is 23.4. The molecule has 1 heterocycles. The van der Waals surface area contributed by atoms with Crippen molar-refractivity contribution in [2.24, 2.45) is 5.73 Å². The number of carbonyl (C=O) groups excluding carboxylic acids is 1. The molecule has 0 aliphatic heterocycles. The minimum atomic E-state index is -0.247. The van der Waals surface area contributed by atoms with Crippen LogP contribution in [0.5, 0.6) is 0 Å². The van der Waals surface area contributed by atoms with Crippen LogP contribution in [0.2, 0.25) is 0 Å². The van der Waals surface area contributed by atoms with Gasteiger partial charge in [-0.2, -0.15) is 0 Å². The quantitative estimate of drug-likeness (QED) is 0.286. The highest BCUT2D eigenvalue weighted by molar-refractivity contribution is 5.96. The minimum absolute atomic E-state index is 0. The second-order valence-electron chi connectivity index (χ2n) is 9.30. The van der Waals surface area contributed by atoms with E-state index in [0.717, 1.165) is 67.8 Å². The van der Waals surface area contributed by atoms with Crippen molar-refractivity contribution in [3.8, 4) is 0 Å². The van der Waals surface area contributed by atoms with Crippen molar-refractivity contribution in [3.05, 3.63) is 29.6 Å². The van der Waals surface area contributed by atoms with Gasteiger partial charge in [0.2, 0.25) is 5.82 Å². The normalized spacial score (nSPS) is 23.9. The van der Waals surface area contributed by atoms with Crippen LogP contribution in [-0.2, 0) is 4.74 Å². The van der Waals surface area contributed by atoms with Crippen LogP contribution in [0, 0.1) is 12.3 Å². The molecule has 1 aromatic carbocycles. The molecule has 0 spiro atoms. The third-order valence-corrected chi connectivity index (χ3v) is 6.83. The number of hydrogen-bond acceptors (Lipinski definition) is 6. The summed E-state index contributed by atoms with van der Waals surface area (Å²) in [5.74, 6) is 0.553. The van der Waals surface area contributed by atoms with Gasteiger partial charge in [0.15, 0.2) is 5.96 Å². The number of guanidine groups is 1. The van der Waals surface area contributed by atoms with Crippen LogP contribution in [0.25, 0.3) is 10.9 Å². The van der Waals surface area contributed by atoms with Crippen LogP contribution in [-0.4, -0.2) is 53.2 Å². The highest BCUT2D eigenvalue weighted by atomic mass is 35.5. The van der Waals surface area contributed by atoms with Crippen LogP contribution in [0.4, 0.5) is 5.82 Å². The lowest BCUT2D eigenvalue weighted by atomic mass is 9.90. The number of methoxy groups -OCH3 is 1. The average molecular weight is 527 g/mol. The van der Waals surface area contributed by atoms with Crippen molar-refractivity contribution < 1.29 is 9.53 Å². The molecule has 0 unspecified atom stereocenters. The van der Waals surface area contributed by atoms with Gasteiger partial charge in [-0.3, -0.25) is 10.2 Å². The number of benzene rings is 1. The second kappa shape index (κ2) is 13.1. The highest BCUT2D eigenvalue weighted by Gasteiger charge is 2.28. The number of fused-ring (bicyclic) bond motifs is 1. The molecular weight excluding hydrogens is 489 g/mol. The number of ether oxygens (including phenoxy) is 1. The van der Waals surface area contributed by atoms with Gasteiger partial charge in [-0.25, -0.2) is 9.97 Å². The van der Waals surface area contributed by atoms with Gasteiger partial charge < -0.3 is 26.4 Å². The Balaban J connectivity index is 0.00000216. The van der Waals surface area contributed by atoms with E-state index in [0.29, 0.717) is 5.82 Å². The Morgan fingerprint density at radius 3 is 2.37 bits per heavy atom. The lowest BCUT2D eigenvalue weighted by Gasteiger charge is -2.33. The Kier molecular flexibility index (Phi) is 10.8. The number of aryl methyl sites for hydroxylation is 1. The molecule has 1 amide bonds. The third kappa shape index (κ3) is 7.32. The number of aromatic nitrogens is 2. The lowest BCUT2D eigenvalue weighted by Crippen LogP contribution is -2.50. The van der Waals surface area contributed by atoms with E-state index >= 15 is 0 Å². The largest absolute Gasteiger partial charge is 0.381 e. The number of amides is 1. The third-order valence-electron chi connectivity index (χ3n) is 6.83. The Hall–Kier alpha value is -2.36. The van der Waals surface area contributed by atoms with Gasteiger partial charge >= 0.3 is 0 Å². The molecule has 1 aromatic heterocycles. The predicted octanol–water partition coefficient (Wildman–Crippen LogP) is 3.68. The van der Waals surface area contributed by atoms with Gasteiger partial charge in [-0.15, -0.1) is 24.8 Å². The topological polar surface area (TPSA) is 138 Å². The van der Waals surface area contributed by atoms with E-state index in [2.05, 4.69) is 25.9 Å². The van der Waals surface area contributed by atoms with Gasteiger partial charge in [0.25, 0.3) is 5.91 Å². The van der Waals surface area contributed by atoms with Gasteiger partial charge in [-0.1, -0.05) is 24.5 Å². The zero-order valence-electron chi connectivity index (χ0n) is 20.3. The van der Waals surface area contributed by atoms with Gasteiger partial charge in [-0.05, 0) is 57.6 Å². The first-order chi connectivity index (χ1) is 15.9. The molecule has 2 atom stereocenters. The van der Waals surface area contributed by atoms with Gasteiger partial charge in [0.1, 0.15) is 5.82 Å². The Labute approximate surface area is 219 Å². The van der Waals surface area contributed by atoms with Crippen molar-refractivity contribution in [1.29, 1.82) is 5.41 Å². The molecule has 35 heavy (non-hydrogen) atoms. The predicted molar refractivity (Wildman–Crippen MR) is 144 cm³/mol. The molecule has 2 aliphatic rings. The molecule has 0 saturated heterocycles. The summed E-state index contributed by atoms with van der Waals surface area (Å²) in [7, 11) is 1.74. The summed E-state index contributed by atoms with van der Waals surface area (Å²) in [4.78, 5) is 22.3. The summed E-state index contributed by atoms with van der Waals surface area (Å²) >= 11 is 0. The summed E-state index contributed by atoms with van der Waals surface area (Å²) < 4.78 is 5.44. The fourth-order valence-corrected chi connectivity index (χ4v) is 5.00. The molecule has 4 rings (SSSR count). The SMILES string of the molecule is COC1CCC(NC(=O)c2nc(N[C@H]3CCCC[C@H]3NC(=N)N)c3cc(C)ccc3n2)CC1.Cl.Cl. The molecule has 194 valence electrons. The number of nitrogens with zero attached hydrogens (tertiary/aromatic N) is 2. The molecule has 2 aromatic rings. The Morgan fingerprint density at radius 2 is 1.71 bits per heavy atom. The Bertz CT molecular complexity index is 1010. The molecule has 2 fully saturated rings. The fourth-order valence-electron chi connectivity index (χ4n) is 5.00. The van der Waals surface area contributed by atoms with E-state index < -0.39 is 0 Å². The molecule has 6 N–H and O–H groups in total. The number of carbonyl (C=O) groups is 1. The van der Waals surface area contributed by atoms with Crippen molar-refractivity contribution in [2.75, 3.05) is 12.4 Å². The molecule has 11 heteroatoms. The van der Waals surface area contributed by atoms with Gasteiger partial charge in [0.05, 0.1) is 11.6 Å². The molecule has 0 radical (unpaired) electrons. The van der Waals surface area contributed by atoms with Crippen molar-refractivity contribution in [1.82, 2.24) is 20.6 Å². The van der Waals surface area contributed by atoms with Crippen molar-refractivity contribution >= 4 is 53.4 Å². The first-order valence-corrected chi connectivity index (χ1v) is 11.9. The molecule has 2 aliphatic carbocycles. The minimum Gasteiger partial charge on any atom is -0.381 e. The van der Waals surface area contributed by atoms with Crippen LogP contribution in [0.1, 0.15) is 67.5 Å². The van der Waals surface area contributed by atoms with Crippen molar-refractivity contribution in [2.45, 2.75) is 82.5 Å². The maximum atomic E-state index is 13.1. The number of hydrogen-bond donors (Lipinski definition) is 5. The van der Waals surface area contributed by atoms with Crippen LogP contribution < -0.4 is 21.7 Å². The van der Waals surface area contributed by atoms with Crippen LogP contribution in [0.15, 0.2) is 18.2 Å². The smallest absolute Gasteiger partial charge is 0.289 e. The maximum Gasteiger partial charge on any atom is 0.289 e. The summed E-state index contributed by atoms with van der Waals surface area (Å²) in [6, 6.07) is 6.18. The molecule has 0 bridgehead atoms.